The molecule has 3 rings (SSSR count). The van der Waals surface area contributed by atoms with Gasteiger partial charge in [-0.25, -0.2) is 8.42 Å². The van der Waals surface area contributed by atoms with Crippen LogP contribution in [0, 0.1) is 0 Å². The summed E-state index contributed by atoms with van der Waals surface area (Å²) in [5, 5.41) is 4.03. The van der Waals surface area contributed by atoms with Crippen LogP contribution in [-0.4, -0.2) is 24.3 Å². The zero-order valence-electron chi connectivity index (χ0n) is 12.4. The Hall–Kier alpha value is -1.89. The van der Waals surface area contributed by atoms with Crippen molar-refractivity contribution in [1.82, 2.24) is 10.1 Å². The Bertz CT molecular complexity index is 732. The van der Waals surface area contributed by atoms with Crippen LogP contribution in [0.3, 0.4) is 0 Å². The fourth-order valence-electron chi connectivity index (χ4n) is 2.63. The van der Waals surface area contributed by atoms with Gasteiger partial charge in [0, 0.05) is 17.2 Å². The second kappa shape index (κ2) is 6.08. The van der Waals surface area contributed by atoms with Crippen molar-refractivity contribution in [1.29, 1.82) is 0 Å². The van der Waals surface area contributed by atoms with E-state index in [1.807, 2.05) is 0 Å². The van der Waals surface area contributed by atoms with Crippen LogP contribution in [0.2, 0.25) is 0 Å². The number of sulfonamides is 1. The van der Waals surface area contributed by atoms with E-state index in [4.69, 9.17) is 4.52 Å². The average molecular weight is 321 g/mol. The molecule has 1 aromatic heterocycles. The smallest absolute Gasteiger partial charge is 0.232 e. The number of nitrogens with one attached hydrogen (secondary N) is 1. The van der Waals surface area contributed by atoms with E-state index in [0.717, 1.165) is 18.4 Å². The molecule has 1 aliphatic carbocycles. The van der Waals surface area contributed by atoms with Crippen LogP contribution in [-0.2, 0) is 10.0 Å². The highest BCUT2D eigenvalue weighted by Gasteiger charge is 2.23. The highest BCUT2D eigenvalue weighted by atomic mass is 32.2. The maximum absolute atomic E-state index is 11.5. The van der Waals surface area contributed by atoms with Gasteiger partial charge in [0.05, 0.1) is 5.75 Å². The first-order valence-corrected chi connectivity index (χ1v) is 9.17. The number of anilines is 1. The first-order chi connectivity index (χ1) is 10.6. The van der Waals surface area contributed by atoms with Crippen LogP contribution in [0.5, 0.6) is 0 Å². The van der Waals surface area contributed by atoms with Crippen LogP contribution in [0.25, 0.3) is 11.4 Å². The van der Waals surface area contributed by atoms with Gasteiger partial charge in [0.25, 0.3) is 0 Å². The van der Waals surface area contributed by atoms with E-state index in [1.165, 1.54) is 12.8 Å². The minimum atomic E-state index is -3.26. The van der Waals surface area contributed by atoms with Crippen LogP contribution in [0.1, 0.15) is 44.4 Å². The molecule has 0 atom stereocenters. The summed E-state index contributed by atoms with van der Waals surface area (Å²) in [7, 11) is -3.26. The minimum absolute atomic E-state index is 0.0460. The molecule has 2 aromatic rings. The topological polar surface area (TPSA) is 85.1 Å². The maximum atomic E-state index is 11.5. The van der Waals surface area contributed by atoms with E-state index >= 15 is 0 Å². The van der Waals surface area contributed by atoms with E-state index < -0.39 is 10.0 Å². The van der Waals surface area contributed by atoms with Crippen molar-refractivity contribution in [2.24, 2.45) is 0 Å². The van der Waals surface area contributed by atoms with Crippen molar-refractivity contribution in [3.8, 4) is 11.4 Å². The Morgan fingerprint density at radius 1 is 1.23 bits per heavy atom. The number of nitrogens with zero attached hydrogens (tertiary/aromatic N) is 2. The Morgan fingerprint density at radius 2 is 1.91 bits per heavy atom. The van der Waals surface area contributed by atoms with Gasteiger partial charge in [0.15, 0.2) is 0 Å². The first kappa shape index (κ1) is 15.0. The first-order valence-electron chi connectivity index (χ1n) is 7.52. The second-order valence-corrected chi connectivity index (χ2v) is 7.53. The van der Waals surface area contributed by atoms with E-state index in [1.54, 1.807) is 31.2 Å². The summed E-state index contributed by atoms with van der Waals surface area (Å²) in [6.45, 7) is 1.60. The maximum Gasteiger partial charge on any atom is 0.232 e. The molecule has 118 valence electrons. The predicted octanol–water partition coefficient (Wildman–Crippen LogP) is 3.16. The third-order valence-electron chi connectivity index (χ3n) is 3.94. The predicted molar refractivity (Wildman–Crippen MR) is 84.0 cm³/mol. The standard InChI is InChI=1S/C15H19N3O3S/c1-2-22(19,20)18-13-9-7-11(8-10-13)14-16-15(21-17-14)12-5-3-4-6-12/h7-10,12,18H,2-6H2,1H3. The summed E-state index contributed by atoms with van der Waals surface area (Å²) in [6, 6.07) is 6.98. The van der Waals surface area contributed by atoms with Crippen LogP contribution < -0.4 is 4.72 Å². The van der Waals surface area contributed by atoms with Crippen molar-refractivity contribution in [3.63, 3.8) is 0 Å². The molecule has 0 aliphatic heterocycles. The van der Waals surface area contributed by atoms with Gasteiger partial charge >= 0.3 is 0 Å². The van der Waals surface area contributed by atoms with Gasteiger partial charge in [-0.2, -0.15) is 4.98 Å². The third kappa shape index (κ3) is 3.30. The largest absolute Gasteiger partial charge is 0.339 e. The molecule has 1 aliphatic rings. The minimum Gasteiger partial charge on any atom is -0.339 e. The number of aromatic nitrogens is 2. The molecule has 1 aromatic carbocycles. The van der Waals surface area contributed by atoms with Gasteiger partial charge in [0.1, 0.15) is 0 Å². The molecule has 0 unspecified atom stereocenters. The molecule has 6 nitrogen and oxygen atoms in total. The summed E-state index contributed by atoms with van der Waals surface area (Å²) >= 11 is 0. The number of hydrogen-bond donors (Lipinski definition) is 1. The molecule has 1 N–H and O–H groups in total. The van der Waals surface area contributed by atoms with Crippen LogP contribution in [0.15, 0.2) is 28.8 Å². The van der Waals surface area contributed by atoms with Crippen LogP contribution in [0.4, 0.5) is 5.69 Å². The number of benzene rings is 1. The highest BCUT2D eigenvalue weighted by Crippen LogP contribution is 2.33. The van der Waals surface area contributed by atoms with Gasteiger partial charge in [0.2, 0.25) is 21.7 Å². The van der Waals surface area contributed by atoms with E-state index in [-0.39, 0.29) is 5.75 Å². The SMILES string of the molecule is CCS(=O)(=O)Nc1ccc(-c2noc(C3CCCC3)n2)cc1. The molecular formula is C15H19N3O3S. The molecule has 22 heavy (non-hydrogen) atoms. The van der Waals surface area contributed by atoms with Gasteiger partial charge in [-0.3, -0.25) is 4.72 Å². The molecule has 1 saturated carbocycles. The molecule has 0 amide bonds. The Labute approximate surface area is 130 Å². The lowest BCUT2D eigenvalue weighted by Crippen LogP contribution is -2.14. The van der Waals surface area contributed by atoms with Crippen molar-refractivity contribution in [2.75, 3.05) is 10.5 Å². The molecule has 0 saturated heterocycles. The molecule has 0 radical (unpaired) electrons. The second-order valence-electron chi connectivity index (χ2n) is 5.52. The zero-order valence-corrected chi connectivity index (χ0v) is 13.3. The summed E-state index contributed by atoms with van der Waals surface area (Å²) < 4.78 is 30.9. The zero-order chi connectivity index (χ0) is 15.6. The summed E-state index contributed by atoms with van der Waals surface area (Å²) in [5.74, 6) is 1.69. The van der Waals surface area contributed by atoms with Crippen molar-refractivity contribution >= 4 is 15.7 Å². The van der Waals surface area contributed by atoms with Crippen LogP contribution >= 0.6 is 0 Å². The summed E-state index contributed by atoms with van der Waals surface area (Å²) in [5.41, 5.74) is 1.34. The van der Waals surface area contributed by atoms with Crippen molar-refractivity contribution < 1.29 is 12.9 Å². The number of hydrogen-bond acceptors (Lipinski definition) is 5. The van der Waals surface area contributed by atoms with E-state index in [0.29, 0.717) is 23.3 Å². The average Bonchev–Trinajstić information content (AvgIpc) is 3.19. The van der Waals surface area contributed by atoms with Crippen molar-refractivity contribution in [3.05, 3.63) is 30.2 Å². The molecular weight excluding hydrogens is 302 g/mol. The summed E-state index contributed by atoms with van der Waals surface area (Å²) in [6.07, 6.45) is 4.65. The molecule has 7 heteroatoms. The van der Waals surface area contributed by atoms with Gasteiger partial charge < -0.3 is 4.52 Å². The lowest BCUT2D eigenvalue weighted by Gasteiger charge is -2.05. The van der Waals surface area contributed by atoms with Gasteiger partial charge in [-0.15, -0.1) is 0 Å². The monoisotopic (exact) mass is 321 g/mol. The fourth-order valence-corrected chi connectivity index (χ4v) is 3.27. The Balaban J connectivity index is 1.75. The van der Waals surface area contributed by atoms with Crippen molar-refractivity contribution in [2.45, 2.75) is 38.5 Å². The molecule has 0 spiro atoms. The summed E-state index contributed by atoms with van der Waals surface area (Å²) in [4.78, 5) is 4.47. The third-order valence-corrected chi connectivity index (χ3v) is 5.25. The molecule has 0 bridgehead atoms. The van der Waals surface area contributed by atoms with E-state index in [2.05, 4.69) is 14.9 Å². The van der Waals surface area contributed by atoms with Gasteiger partial charge in [-0.05, 0) is 44.0 Å². The molecule has 1 heterocycles. The number of rotatable bonds is 5. The van der Waals surface area contributed by atoms with E-state index in [9.17, 15) is 8.42 Å². The quantitative estimate of drug-likeness (QED) is 0.914. The Kier molecular flexibility index (Phi) is 4.15. The fraction of sp³-hybridized carbons (Fsp3) is 0.467. The Morgan fingerprint density at radius 3 is 2.55 bits per heavy atom. The highest BCUT2D eigenvalue weighted by molar-refractivity contribution is 7.92. The lowest BCUT2D eigenvalue weighted by atomic mass is 10.1. The lowest BCUT2D eigenvalue weighted by molar-refractivity contribution is 0.354. The van der Waals surface area contributed by atoms with Gasteiger partial charge in [-0.1, -0.05) is 18.0 Å². The molecule has 1 fully saturated rings. The normalized spacial score (nSPS) is 16.0.